The first-order valence-corrected chi connectivity index (χ1v) is 5.82. The highest BCUT2D eigenvalue weighted by Crippen LogP contribution is 2.44. The highest BCUT2D eigenvalue weighted by atomic mass is 14.9. The molecule has 15 heavy (non-hydrogen) atoms. The van der Waals surface area contributed by atoms with Gasteiger partial charge in [-0.25, -0.2) is 0 Å². The van der Waals surface area contributed by atoms with Gasteiger partial charge in [-0.15, -0.1) is 0 Å². The zero-order valence-electron chi connectivity index (χ0n) is 9.47. The van der Waals surface area contributed by atoms with Crippen molar-refractivity contribution in [1.82, 2.24) is 15.6 Å². The van der Waals surface area contributed by atoms with Crippen LogP contribution in [-0.4, -0.2) is 31.7 Å². The molecule has 0 atom stereocenters. The summed E-state index contributed by atoms with van der Waals surface area (Å²) in [5, 5.41) is 6.84. The smallest absolute Gasteiger partial charge is 0.00378 e. The molecule has 0 aromatic carbocycles. The minimum Gasteiger partial charge on any atom is -0.367 e. The molecule has 0 bridgehead atoms. The number of nitrogens with one attached hydrogen (secondary N) is 3. The second-order valence-corrected chi connectivity index (χ2v) is 4.68. The van der Waals surface area contributed by atoms with E-state index in [9.17, 15) is 0 Å². The van der Waals surface area contributed by atoms with Gasteiger partial charge < -0.3 is 15.6 Å². The highest BCUT2D eigenvalue weighted by Gasteiger charge is 2.41. The largest absolute Gasteiger partial charge is 0.367 e. The van der Waals surface area contributed by atoms with Gasteiger partial charge in [0.15, 0.2) is 0 Å². The van der Waals surface area contributed by atoms with Gasteiger partial charge in [0.25, 0.3) is 0 Å². The fraction of sp³-hybridized carbons (Fsp3) is 0.667. The van der Waals surface area contributed by atoms with Crippen LogP contribution < -0.4 is 10.6 Å². The average molecular weight is 207 g/mol. The van der Waals surface area contributed by atoms with Gasteiger partial charge in [-0.2, -0.15) is 0 Å². The third-order valence-corrected chi connectivity index (χ3v) is 3.26. The normalized spacial score (nSPS) is 17.9. The molecule has 0 spiro atoms. The Labute approximate surface area is 91.7 Å². The first-order valence-electron chi connectivity index (χ1n) is 5.82. The fourth-order valence-electron chi connectivity index (χ4n) is 2.07. The topological polar surface area (TPSA) is 39.8 Å². The van der Waals surface area contributed by atoms with Crippen molar-refractivity contribution < 1.29 is 0 Å². The molecule has 84 valence electrons. The van der Waals surface area contributed by atoms with Crippen LogP contribution in [-0.2, 0) is 6.42 Å². The van der Waals surface area contributed by atoms with Gasteiger partial charge in [0.05, 0.1) is 0 Å². The maximum Gasteiger partial charge on any atom is 0.00378 e. The summed E-state index contributed by atoms with van der Waals surface area (Å²) in [5.41, 5.74) is 1.97. The van der Waals surface area contributed by atoms with Crippen molar-refractivity contribution in [1.29, 1.82) is 0 Å². The predicted octanol–water partition coefficient (Wildman–Crippen LogP) is 1.15. The van der Waals surface area contributed by atoms with E-state index in [0.29, 0.717) is 5.41 Å². The maximum atomic E-state index is 3.56. The van der Waals surface area contributed by atoms with Gasteiger partial charge in [-0.05, 0) is 49.9 Å². The van der Waals surface area contributed by atoms with Crippen LogP contribution in [0.2, 0.25) is 0 Å². The molecule has 2 rings (SSSR count). The molecule has 3 nitrogen and oxygen atoms in total. The Bertz CT molecular complexity index is 275. The highest BCUT2D eigenvalue weighted by molar-refractivity contribution is 5.08. The molecule has 1 aromatic heterocycles. The quantitative estimate of drug-likeness (QED) is 0.587. The molecule has 0 saturated heterocycles. The van der Waals surface area contributed by atoms with Crippen molar-refractivity contribution in [3.8, 4) is 0 Å². The molecule has 1 aliphatic carbocycles. The van der Waals surface area contributed by atoms with Crippen LogP contribution >= 0.6 is 0 Å². The molecule has 0 aliphatic heterocycles. The second-order valence-electron chi connectivity index (χ2n) is 4.68. The van der Waals surface area contributed by atoms with Crippen molar-refractivity contribution in [3.05, 3.63) is 24.0 Å². The lowest BCUT2D eigenvalue weighted by atomic mass is 10.1. The van der Waals surface area contributed by atoms with Gasteiger partial charge in [0, 0.05) is 25.5 Å². The minimum atomic E-state index is 0.576. The summed E-state index contributed by atoms with van der Waals surface area (Å²) in [7, 11) is 2.04. The molecular formula is C12H21N3. The SMILES string of the molecule is CNCC1(CNCCc2cc[nH]c2)CC1. The van der Waals surface area contributed by atoms with E-state index in [4.69, 9.17) is 0 Å². The Kier molecular flexibility index (Phi) is 3.44. The summed E-state index contributed by atoms with van der Waals surface area (Å²) < 4.78 is 0. The number of H-pyrrole nitrogens is 1. The molecule has 0 radical (unpaired) electrons. The predicted molar refractivity (Wildman–Crippen MR) is 63.0 cm³/mol. The Hall–Kier alpha value is -0.800. The third-order valence-electron chi connectivity index (χ3n) is 3.26. The summed E-state index contributed by atoms with van der Waals surface area (Å²) in [5.74, 6) is 0. The van der Waals surface area contributed by atoms with Crippen LogP contribution in [0.4, 0.5) is 0 Å². The number of aromatic nitrogens is 1. The molecule has 3 heteroatoms. The van der Waals surface area contributed by atoms with E-state index in [1.165, 1.54) is 18.4 Å². The van der Waals surface area contributed by atoms with Gasteiger partial charge in [-0.3, -0.25) is 0 Å². The monoisotopic (exact) mass is 207 g/mol. The van der Waals surface area contributed by atoms with Gasteiger partial charge in [0.2, 0.25) is 0 Å². The van der Waals surface area contributed by atoms with Gasteiger partial charge >= 0.3 is 0 Å². The van der Waals surface area contributed by atoms with Gasteiger partial charge in [-0.1, -0.05) is 0 Å². The Balaban J connectivity index is 1.59. The first-order chi connectivity index (χ1) is 7.35. The Morgan fingerprint density at radius 2 is 2.27 bits per heavy atom. The molecule has 1 fully saturated rings. The summed E-state index contributed by atoms with van der Waals surface area (Å²) in [6, 6.07) is 2.14. The summed E-state index contributed by atoms with van der Waals surface area (Å²) in [4.78, 5) is 3.08. The molecule has 3 N–H and O–H groups in total. The number of hydrogen-bond donors (Lipinski definition) is 3. The van der Waals surface area contributed by atoms with E-state index in [0.717, 1.165) is 26.1 Å². The van der Waals surface area contributed by atoms with Crippen LogP contribution in [0, 0.1) is 5.41 Å². The maximum absolute atomic E-state index is 3.56. The van der Waals surface area contributed by atoms with E-state index in [2.05, 4.69) is 27.9 Å². The number of hydrogen-bond acceptors (Lipinski definition) is 2. The fourth-order valence-corrected chi connectivity index (χ4v) is 2.07. The summed E-state index contributed by atoms with van der Waals surface area (Å²) in [6.07, 6.45) is 7.94. The van der Waals surface area contributed by atoms with E-state index in [-0.39, 0.29) is 0 Å². The van der Waals surface area contributed by atoms with E-state index < -0.39 is 0 Å². The first kappa shape index (κ1) is 10.7. The van der Waals surface area contributed by atoms with Crippen LogP contribution in [0.1, 0.15) is 18.4 Å². The number of aromatic amines is 1. The molecule has 1 aliphatic rings. The minimum absolute atomic E-state index is 0.576. The van der Waals surface area contributed by atoms with E-state index >= 15 is 0 Å². The van der Waals surface area contributed by atoms with E-state index in [1.807, 2.05) is 13.2 Å². The third kappa shape index (κ3) is 3.08. The second kappa shape index (κ2) is 4.81. The van der Waals surface area contributed by atoms with Crippen LogP contribution in [0.5, 0.6) is 0 Å². The number of rotatable bonds is 7. The molecular weight excluding hydrogens is 186 g/mol. The zero-order valence-corrected chi connectivity index (χ0v) is 9.47. The summed E-state index contributed by atoms with van der Waals surface area (Å²) >= 11 is 0. The van der Waals surface area contributed by atoms with Gasteiger partial charge in [0.1, 0.15) is 0 Å². The molecule has 1 aromatic rings. The van der Waals surface area contributed by atoms with Crippen LogP contribution in [0.3, 0.4) is 0 Å². The molecule has 0 amide bonds. The van der Waals surface area contributed by atoms with Crippen LogP contribution in [0.15, 0.2) is 18.5 Å². The van der Waals surface area contributed by atoms with Crippen LogP contribution in [0.25, 0.3) is 0 Å². The van der Waals surface area contributed by atoms with Crippen molar-refractivity contribution in [2.45, 2.75) is 19.3 Å². The lowest BCUT2D eigenvalue weighted by Crippen LogP contribution is -2.32. The standard InChI is InChI=1S/C12H21N3/c1-13-9-12(4-5-12)10-15-7-3-11-2-6-14-8-11/h2,6,8,13-15H,3-5,7,9-10H2,1H3. The van der Waals surface area contributed by atoms with Crippen molar-refractivity contribution in [2.75, 3.05) is 26.7 Å². The molecule has 0 unspecified atom stereocenters. The average Bonchev–Trinajstić information content (AvgIpc) is 2.80. The zero-order chi connectivity index (χ0) is 10.6. The Morgan fingerprint density at radius 1 is 1.40 bits per heavy atom. The van der Waals surface area contributed by atoms with Crippen molar-refractivity contribution in [3.63, 3.8) is 0 Å². The van der Waals surface area contributed by atoms with E-state index in [1.54, 1.807) is 0 Å². The lowest BCUT2D eigenvalue weighted by molar-refractivity contribution is 0.441. The Morgan fingerprint density at radius 3 is 2.87 bits per heavy atom. The molecule has 1 saturated carbocycles. The lowest BCUT2D eigenvalue weighted by Gasteiger charge is -2.15. The summed E-state index contributed by atoms with van der Waals surface area (Å²) in [6.45, 7) is 3.41. The molecule has 1 heterocycles. The van der Waals surface area contributed by atoms with Crippen molar-refractivity contribution >= 4 is 0 Å². The van der Waals surface area contributed by atoms with Crippen molar-refractivity contribution in [2.24, 2.45) is 5.41 Å².